The van der Waals surface area contributed by atoms with E-state index in [1.165, 1.54) is 0 Å². The SMILES string of the molecule is NCC(F)c1cccc2cnccc12. The Bertz CT molecular complexity index is 437. The fourth-order valence-electron chi connectivity index (χ4n) is 1.55. The molecule has 1 atom stereocenters. The summed E-state index contributed by atoms with van der Waals surface area (Å²) in [6, 6.07) is 7.31. The average Bonchev–Trinajstić information content (AvgIpc) is 2.27. The van der Waals surface area contributed by atoms with Crippen molar-refractivity contribution in [2.45, 2.75) is 6.17 Å². The number of nitrogens with zero attached hydrogens (tertiary/aromatic N) is 1. The largest absolute Gasteiger partial charge is 0.327 e. The van der Waals surface area contributed by atoms with E-state index in [4.69, 9.17) is 5.73 Å². The van der Waals surface area contributed by atoms with E-state index >= 15 is 0 Å². The molecule has 14 heavy (non-hydrogen) atoms. The third kappa shape index (κ3) is 1.46. The highest BCUT2D eigenvalue weighted by molar-refractivity contribution is 5.85. The molecule has 0 saturated carbocycles. The van der Waals surface area contributed by atoms with E-state index in [0.717, 1.165) is 10.8 Å². The Balaban J connectivity index is 2.65. The Morgan fingerprint density at radius 3 is 3.00 bits per heavy atom. The van der Waals surface area contributed by atoms with Crippen molar-refractivity contribution < 1.29 is 4.39 Å². The fourth-order valence-corrected chi connectivity index (χ4v) is 1.55. The maximum Gasteiger partial charge on any atom is 0.138 e. The number of hydrogen-bond donors (Lipinski definition) is 1. The summed E-state index contributed by atoms with van der Waals surface area (Å²) in [5.74, 6) is 0. The van der Waals surface area contributed by atoms with Crippen LogP contribution in [0.2, 0.25) is 0 Å². The van der Waals surface area contributed by atoms with Gasteiger partial charge in [-0.25, -0.2) is 4.39 Å². The number of rotatable bonds is 2. The lowest BCUT2D eigenvalue weighted by Crippen LogP contribution is -2.07. The average molecular weight is 190 g/mol. The lowest BCUT2D eigenvalue weighted by Gasteiger charge is -2.08. The van der Waals surface area contributed by atoms with Gasteiger partial charge in [-0.05, 0) is 17.0 Å². The molecule has 2 rings (SSSR count). The number of hydrogen-bond acceptors (Lipinski definition) is 2. The summed E-state index contributed by atoms with van der Waals surface area (Å²) in [6.07, 6.45) is 2.29. The third-order valence-electron chi connectivity index (χ3n) is 2.26. The van der Waals surface area contributed by atoms with Crippen LogP contribution in [0.4, 0.5) is 4.39 Å². The van der Waals surface area contributed by atoms with Crippen LogP contribution < -0.4 is 5.73 Å². The smallest absolute Gasteiger partial charge is 0.138 e. The van der Waals surface area contributed by atoms with Crippen LogP contribution in [-0.2, 0) is 0 Å². The zero-order chi connectivity index (χ0) is 9.97. The first-order chi connectivity index (χ1) is 6.83. The second kappa shape index (κ2) is 3.72. The molecule has 0 bridgehead atoms. The van der Waals surface area contributed by atoms with Gasteiger partial charge >= 0.3 is 0 Å². The first kappa shape index (κ1) is 9.09. The number of aromatic nitrogens is 1. The van der Waals surface area contributed by atoms with E-state index in [1.807, 2.05) is 18.2 Å². The molecule has 72 valence electrons. The molecular weight excluding hydrogens is 179 g/mol. The van der Waals surface area contributed by atoms with Crippen molar-refractivity contribution in [3.63, 3.8) is 0 Å². The van der Waals surface area contributed by atoms with Crippen molar-refractivity contribution >= 4 is 10.8 Å². The van der Waals surface area contributed by atoms with Crippen molar-refractivity contribution in [3.05, 3.63) is 42.2 Å². The van der Waals surface area contributed by atoms with Gasteiger partial charge in [0.1, 0.15) is 6.17 Å². The minimum absolute atomic E-state index is 0.0153. The first-order valence-electron chi connectivity index (χ1n) is 4.49. The molecular formula is C11H11FN2. The summed E-state index contributed by atoms with van der Waals surface area (Å²) in [6.45, 7) is 0.0153. The molecule has 1 aromatic heterocycles. The van der Waals surface area contributed by atoms with E-state index in [-0.39, 0.29) is 6.54 Å². The summed E-state index contributed by atoms with van der Waals surface area (Å²) in [7, 11) is 0. The van der Waals surface area contributed by atoms with Gasteiger partial charge in [0.25, 0.3) is 0 Å². The van der Waals surface area contributed by atoms with E-state index in [1.54, 1.807) is 18.5 Å². The Labute approximate surface area is 81.6 Å². The summed E-state index contributed by atoms with van der Waals surface area (Å²) in [5, 5.41) is 1.83. The highest BCUT2D eigenvalue weighted by Gasteiger charge is 2.10. The Morgan fingerprint density at radius 1 is 1.36 bits per heavy atom. The number of pyridine rings is 1. The van der Waals surface area contributed by atoms with Crippen molar-refractivity contribution in [1.29, 1.82) is 0 Å². The van der Waals surface area contributed by atoms with Crippen LogP contribution in [0.15, 0.2) is 36.7 Å². The molecule has 2 aromatic rings. The maximum absolute atomic E-state index is 13.4. The Hall–Kier alpha value is -1.48. The predicted octanol–water partition coefficient (Wildman–Crippen LogP) is 2.20. The van der Waals surface area contributed by atoms with E-state index in [2.05, 4.69) is 4.98 Å². The second-order valence-electron chi connectivity index (χ2n) is 3.15. The predicted molar refractivity (Wildman–Crippen MR) is 54.6 cm³/mol. The van der Waals surface area contributed by atoms with Crippen molar-refractivity contribution in [3.8, 4) is 0 Å². The minimum Gasteiger partial charge on any atom is -0.327 e. The Kier molecular flexibility index (Phi) is 2.41. The molecule has 0 spiro atoms. The van der Waals surface area contributed by atoms with Crippen LogP contribution in [0.1, 0.15) is 11.7 Å². The summed E-state index contributed by atoms with van der Waals surface area (Å²) in [5.41, 5.74) is 5.95. The van der Waals surface area contributed by atoms with Crippen LogP contribution in [-0.4, -0.2) is 11.5 Å². The number of benzene rings is 1. The molecule has 3 heteroatoms. The molecule has 0 fully saturated rings. The normalized spacial score (nSPS) is 13.0. The molecule has 2 nitrogen and oxygen atoms in total. The van der Waals surface area contributed by atoms with Crippen LogP contribution in [0, 0.1) is 0 Å². The van der Waals surface area contributed by atoms with Gasteiger partial charge in [0.2, 0.25) is 0 Å². The fraction of sp³-hybridized carbons (Fsp3) is 0.182. The maximum atomic E-state index is 13.4. The number of alkyl halides is 1. The van der Waals surface area contributed by atoms with Crippen LogP contribution in [0.3, 0.4) is 0 Å². The zero-order valence-corrected chi connectivity index (χ0v) is 7.65. The Morgan fingerprint density at radius 2 is 2.21 bits per heavy atom. The molecule has 1 aromatic carbocycles. The summed E-state index contributed by atoms with van der Waals surface area (Å²) < 4.78 is 13.4. The highest BCUT2D eigenvalue weighted by atomic mass is 19.1. The number of nitrogens with two attached hydrogens (primary N) is 1. The van der Waals surface area contributed by atoms with Gasteiger partial charge in [-0.3, -0.25) is 4.98 Å². The first-order valence-corrected chi connectivity index (χ1v) is 4.49. The molecule has 0 aliphatic carbocycles. The monoisotopic (exact) mass is 190 g/mol. The van der Waals surface area contributed by atoms with Crippen LogP contribution in [0.25, 0.3) is 10.8 Å². The van der Waals surface area contributed by atoms with Gasteiger partial charge in [0, 0.05) is 24.3 Å². The molecule has 0 radical (unpaired) electrons. The van der Waals surface area contributed by atoms with E-state index < -0.39 is 6.17 Å². The van der Waals surface area contributed by atoms with Gasteiger partial charge in [-0.15, -0.1) is 0 Å². The molecule has 0 amide bonds. The topological polar surface area (TPSA) is 38.9 Å². The van der Waals surface area contributed by atoms with Gasteiger partial charge in [0.15, 0.2) is 0 Å². The highest BCUT2D eigenvalue weighted by Crippen LogP contribution is 2.25. The van der Waals surface area contributed by atoms with Gasteiger partial charge in [-0.1, -0.05) is 18.2 Å². The quantitative estimate of drug-likeness (QED) is 0.788. The molecule has 0 saturated heterocycles. The zero-order valence-electron chi connectivity index (χ0n) is 7.65. The summed E-state index contributed by atoms with van der Waals surface area (Å²) in [4.78, 5) is 3.99. The van der Waals surface area contributed by atoms with E-state index in [0.29, 0.717) is 5.56 Å². The molecule has 0 aliphatic heterocycles. The van der Waals surface area contributed by atoms with Crippen LogP contribution in [0.5, 0.6) is 0 Å². The van der Waals surface area contributed by atoms with Gasteiger partial charge < -0.3 is 5.73 Å². The molecule has 0 aliphatic rings. The van der Waals surface area contributed by atoms with E-state index in [9.17, 15) is 4.39 Å². The van der Waals surface area contributed by atoms with Crippen molar-refractivity contribution in [2.75, 3.05) is 6.54 Å². The molecule has 1 unspecified atom stereocenters. The van der Waals surface area contributed by atoms with Crippen molar-refractivity contribution in [1.82, 2.24) is 4.98 Å². The molecule has 2 N–H and O–H groups in total. The van der Waals surface area contributed by atoms with Crippen LogP contribution >= 0.6 is 0 Å². The number of halogens is 1. The summed E-state index contributed by atoms with van der Waals surface area (Å²) >= 11 is 0. The minimum atomic E-state index is -1.10. The third-order valence-corrected chi connectivity index (χ3v) is 2.26. The lowest BCUT2D eigenvalue weighted by atomic mass is 10.0. The molecule has 1 heterocycles. The number of fused-ring (bicyclic) bond motifs is 1. The van der Waals surface area contributed by atoms with Gasteiger partial charge in [0.05, 0.1) is 0 Å². The lowest BCUT2D eigenvalue weighted by molar-refractivity contribution is 0.355. The standard InChI is InChI=1S/C11H11FN2/c12-11(6-13)10-3-1-2-8-7-14-5-4-9(8)10/h1-5,7,11H,6,13H2. The second-order valence-corrected chi connectivity index (χ2v) is 3.15. The van der Waals surface area contributed by atoms with Crippen molar-refractivity contribution in [2.24, 2.45) is 5.73 Å². The van der Waals surface area contributed by atoms with Gasteiger partial charge in [-0.2, -0.15) is 0 Å².